The third-order valence-electron chi connectivity index (χ3n) is 5.70. The van der Waals surface area contributed by atoms with E-state index in [0.29, 0.717) is 31.7 Å². The summed E-state index contributed by atoms with van der Waals surface area (Å²) >= 11 is 0. The minimum Gasteiger partial charge on any atom is -0.461 e. The van der Waals surface area contributed by atoms with Crippen LogP contribution in [0.3, 0.4) is 0 Å². The Balaban J connectivity index is 1.25. The Labute approximate surface area is 166 Å². The van der Waals surface area contributed by atoms with Gasteiger partial charge < -0.3 is 9.32 Å². The molecule has 0 unspecified atom stereocenters. The molecule has 0 bridgehead atoms. The molecule has 2 fully saturated rings. The van der Waals surface area contributed by atoms with Crippen molar-refractivity contribution in [2.75, 3.05) is 37.7 Å². The maximum Gasteiger partial charge on any atom is 0.223 e. The molecule has 0 spiro atoms. The van der Waals surface area contributed by atoms with Gasteiger partial charge in [-0.05, 0) is 18.6 Å². The van der Waals surface area contributed by atoms with Gasteiger partial charge in [-0.25, -0.2) is 8.42 Å². The number of benzene rings is 1. The van der Waals surface area contributed by atoms with Gasteiger partial charge in [0, 0.05) is 50.6 Å². The van der Waals surface area contributed by atoms with E-state index in [4.69, 9.17) is 4.42 Å². The molecule has 0 N–H and O–H groups in total. The molecule has 6 nitrogen and oxygen atoms in total. The van der Waals surface area contributed by atoms with Crippen LogP contribution in [0.1, 0.15) is 18.6 Å². The van der Waals surface area contributed by atoms with E-state index in [1.807, 2.05) is 47.4 Å². The smallest absolute Gasteiger partial charge is 0.223 e. The van der Waals surface area contributed by atoms with Crippen LogP contribution in [-0.2, 0) is 21.1 Å². The Bertz CT molecular complexity index is 915. The zero-order chi connectivity index (χ0) is 19.6. The Morgan fingerprint density at radius 1 is 1.04 bits per heavy atom. The third kappa shape index (κ3) is 4.47. The summed E-state index contributed by atoms with van der Waals surface area (Å²) < 4.78 is 29.2. The number of aryl methyl sites for hydroxylation is 1. The topological polar surface area (TPSA) is 70.8 Å². The summed E-state index contributed by atoms with van der Waals surface area (Å²) in [5.41, 5.74) is 1.03. The van der Waals surface area contributed by atoms with Crippen LogP contribution in [0.5, 0.6) is 0 Å². The quantitative estimate of drug-likeness (QED) is 0.767. The maximum absolute atomic E-state index is 12.5. The summed E-state index contributed by atoms with van der Waals surface area (Å²) in [4.78, 5) is 16.7. The minimum absolute atomic E-state index is 0.127. The number of hydrogen-bond donors (Lipinski definition) is 0. The average Bonchev–Trinajstić information content (AvgIpc) is 3.33. The molecule has 1 atom stereocenters. The second-order valence-electron chi connectivity index (χ2n) is 7.61. The lowest BCUT2D eigenvalue weighted by Crippen LogP contribution is -2.52. The Hall–Kier alpha value is -2.12. The maximum atomic E-state index is 12.5. The standard InChI is InChI=1S/C21H26N2O4S/c24-21(9-7-19-6-8-20(27-19)17-4-2-1-3-5-17)23-13-11-22(12-14-23)18-10-15-28(25,26)16-18/h1-6,8,18H,7,9-16H2/t18-/m0/s1. The number of furan rings is 1. The van der Waals surface area contributed by atoms with Crippen molar-refractivity contribution in [1.82, 2.24) is 9.80 Å². The van der Waals surface area contributed by atoms with Crippen molar-refractivity contribution in [3.8, 4) is 11.3 Å². The van der Waals surface area contributed by atoms with E-state index < -0.39 is 9.84 Å². The van der Waals surface area contributed by atoms with Crippen molar-refractivity contribution >= 4 is 15.7 Å². The molecule has 7 heteroatoms. The highest BCUT2D eigenvalue weighted by atomic mass is 32.2. The molecular formula is C21H26N2O4S. The van der Waals surface area contributed by atoms with Crippen LogP contribution in [0.15, 0.2) is 46.9 Å². The average molecular weight is 403 g/mol. The molecule has 0 aliphatic carbocycles. The summed E-state index contributed by atoms with van der Waals surface area (Å²) in [7, 11) is -2.86. The Morgan fingerprint density at radius 3 is 2.46 bits per heavy atom. The number of carbonyl (C=O) groups is 1. The number of rotatable bonds is 5. The molecule has 1 aromatic carbocycles. The molecule has 0 saturated carbocycles. The van der Waals surface area contributed by atoms with E-state index in [-0.39, 0.29) is 17.7 Å². The van der Waals surface area contributed by atoms with E-state index >= 15 is 0 Å². The normalized spacial score (nSPS) is 22.4. The van der Waals surface area contributed by atoms with Gasteiger partial charge in [0.1, 0.15) is 11.5 Å². The second kappa shape index (κ2) is 8.09. The van der Waals surface area contributed by atoms with Gasteiger partial charge in [-0.3, -0.25) is 9.69 Å². The van der Waals surface area contributed by atoms with Crippen LogP contribution in [0.4, 0.5) is 0 Å². The highest BCUT2D eigenvalue weighted by Crippen LogP contribution is 2.23. The highest BCUT2D eigenvalue weighted by Gasteiger charge is 2.34. The first-order valence-electron chi connectivity index (χ1n) is 9.86. The van der Waals surface area contributed by atoms with Gasteiger partial charge in [0.05, 0.1) is 11.5 Å². The Morgan fingerprint density at radius 2 is 1.79 bits per heavy atom. The fraction of sp³-hybridized carbons (Fsp3) is 0.476. The van der Waals surface area contributed by atoms with Crippen LogP contribution in [0.25, 0.3) is 11.3 Å². The summed E-state index contributed by atoms with van der Waals surface area (Å²) in [6.07, 6.45) is 1.74. The SMILES string of the molecule is O=C(CCc1ccc(-c2ccccc2)o1)N1CCN([C@H]2CCS(=O)(=O)C2)CC1. The van der Waals surface area contributed by atoms with Gasteiger partial charge in [-0.1, -0.05) is 30.3 Å². The fourth-order valence-corrected chi connectivity index (χ4v) is 5.82. The predicted molar refractivity (Wildman–Crippen MR) is 108 cm³/mol. The lowest BCUT2D eigenvalue weighted by Gasteiger charge is -2.37. The zero-order valence-electron chi connectivity index (χ0n) is 15.9. The number of sulfone groups is 1. The largest absolute Gasteiger partial charge is 0.461 e. The van der Waals surface area contributed by atoms with Gasteiger partial charge in [-0.2, -0.15) is 0 Å². The molecule has 2 aliphatic heterocycles. The van der Waals surface area contributed by atoms with Gasteiger partial charge >= 0.3 is 0 Å². The number of hydrogen-bond acceptors (Lipinski definition) is 5. The van der Waals surface area contributed by atoms with E-state index in [1.165, 1.54) is 0 Å². The van der Waals surface area contributed by atoms with Gasteiger partial charge in [-0.15, -0.1) is 0 Å². The molecule has 2 aromatic rings. The number of nitrogens with zero attached hydrogens (tertiary/aromatic N) is 2. The molecule has 0 radical (unpaired) electrons. The highest BCUT2D eigenvalue weighted by molar-refractivity contribution is 7.91. The van der Waals surface area contributed by atoms with Crippen LogP contribution in [-0.4, -0.2) is 67.9 Å². The summed E-state index contributed by atoms with van der Waals surface area (Å²) in [6, 6.07) is 13.9. The van der Waals surface area contributed by atoms with E-state index in [0.717, 1.165) is 36.6 Å². The first kappa shape index (κ1) is 19.2. The summed E-state index contributed by atoms with van der Waals surface area (Å²) in [5, 5.41) is 0. The molecule has 1 aromatic heterocycles. The molecule has 3 heterocycles. The van der Waals surface area contributed by atoms with Crippen molar-refractivity contribution < 1.29 is 17.6 Å². The van der Waals surface area contributed by atoms with E-state index in [9.17, 15) is 13.2 Å². The first-order chi connectivity index (χ1) is 13.5. The van der Waals surface area contributed by atoms with Gasteiger partial charge in [0.15, 0.2) is 9.84 Å². The lowest BCUT2D eigenvalue weighted by molar-refractivity contribution is -0.133. The van der Waals surface area contributed by atoms with Crippen LogP contribution < -0.4 is 0 Å². The van der Waals surface area contributed by atoms with Crippen molar-refractivity contribution in [3.05, 3.63) is 48.2 Å². The molecule has 150 valence electrons. The third-order valence-corrected chi connectivity index (χ3v) is 7.45. The first-order valence-corrected chi connectivity index (χ1v) is 11.7. The van der Waals surface area contributed by atoms with E-state index in [2.05, 4.69) is 4.90 Å². The summed E-state index contributed by atoms with van der Waals surface area (Å²) in [5.74, 6) is 2.34. The van der Waals surface area contributed by atoms with Crippen molar-refractivity contribution in [2.24, 2.45) is 0 Å². The molecule has 4 rings (SSSR count). The van der Waals surface area contributed by atoms with Gasteiger partial charge in [0.25, 0.3) is 0 Å². The van der Waals surface area contributed by atoms with Crippen LogP contribution in [0, 0.1) is 0 Å². The lowest BCUT2D eigenvalue weighted by atomic mass is 10.1. The summed E-state index contributed by atoms with van der Waals surface area (Å²) in [6.45, 7) is 2.85. The molecule has 1 amide bonds. The second-order valence-corrected chi connectivity index (χ2v) is 9.83. The van der Waals surface area contributed by atoms with Crippen molar-refractivity contribution in [3.63, 3.8) is 0 Å². The number of piperazine rings is 1. The molecule has 2 saturated heterocycles. The zero-order valence-corrected chi connectivity index (χ0v) is 16.7. The Kier molecular flexibility index (Phi) is 5.55. The van der Waals surface area contributed by atoms with Crippen molar-refractivity contribution in [2.45, 2.75) is 25.3 Å². The fourth-order valence-electron chi connectivity index (χ4n) is 4.06. The van der Waals surface area contributed by atoms with Crippen molar-refractivity contribution in [1.29, 1.82) is 0 Å². The molecular weight excluding hydrogens is 376 g/mol. The number of carbonyl (C=O) groups excluding carboxylic acids is 1. The van der Waals surface area contributed by atoms with Crippen LogP contribution >= 0.6 is 0 Å². The van der Waals surface area contributed by atoms with Gasteiger partial charge in [0.2, 0.25) is 5.91 Å². The minimum atomic E-state index is -2.86. The van der Waals surface area contributed by atoms with E-state index in [1.54, 1.807) is 0 Å². The van der Waals surface area contributed by atoms with Crippen LogP contribution in [0.2, 0.25) is 0 Å². The number of amides is 1. The molecule has 2 aliphatic rings. The molecule has 28 heavy (non-hydrogen) atoms. The monoisotopic (exact) mass is 402 g/mol. The predicted octanol–water partition coefficient (Wildman–Crippen LogP) is 2.21.